The van der Waals surface area contributed by atoms with Crippen LogP contribution < -0.4 is 5.32 Å². The first kappa shape index (κ1) is 12.2. The maximum atomic E-state index is 5.34. The van der Waals surface area contributed by atoms with E-state index in [0.717, 1.165) is 38.7 Å². The number of anilines is 1. The Morgan fingerprint density at radius 1 is 1.37 bits per heavy atom. The molecule has 8 nitrogen and oxygen atoms in total. The SMILES string of the molecule is CC(CN1CCOCC1)Nc1cncc2nnnn12. The number of morpholine rings is 1. The van der Waals surface area contributed by atoms with E-state index in [0.29, 0.717) is 5.65 Å². The molecule has 1 fully saturated rings. The van der Waals surface area contributed by atoms with Crippen LogP contribution in [0.3, 0.4) is 0 Å². The van der Waals surface area contributed by atoms with E-state index in [2.05, 4.69) is 37.6 Å². The Morgan fingerprint density at radius 3 is 3.05 bits per heavy atom. The molecule has 1 aliphatic rings. The lowest BCUT2D eigenvalue weighted by molar-refractivity contribution is 0.0368. The summed E-state index contributed by atoms with van der Waals surface area (Å²) in [5.74, 6) is 0.809. The van der Waals surface area contributed by atoms with Crippen LogP contribution >= 0.6 is 0 Å². The van der Waals surface area contributed by atoms with Crippen LogP contribution in [0.25, 0.3) is 5.65 Å². The van der Waals surface area contributed by atoms with E-state index in [1.54, 1.807) is 16.9 Å². The van der Waals surface area contributed by atoms with Gasteiger partial charge in [0.05, 0.1) is 25.6 Å². The zero-order valence-electron chi connectivity index (χ0n) is 10.9. The van der Waals surface area contributed by atoms with E-state index in [9.17, 15) is 0 Å². The number of rotatable bonds is 4. The standard InChI is InChI=1S/C11H17N7O/c1-9(8-17-2-4-19-5-3-17)13-10-6-12-7-11-14-15-16-18(10)11/h6-7,9,13H,2-5,8H2,1H3. The van der Waals surface area contributed by atoms with Gasteiger partial charge in [0.15, 0.2) is 11.5 Å². The molecule has 0 saturated carbocycles. The monoisotopic (exact) mass is 263 g/mol. The fourth-order valence-electron chi connectivity index (χ4n) is 2.24. The van der Waals surface area contributed by atoms with Crippen molar-refractivity contribution in [2.24, 2.45) is 0 Å². The highest BCUT2D eigenvalue weighted by molar-refractivity contribution is 5.44. The van der Waals surface area contributed by atoms with E-state index in [1.165, 1.54) is 0 Å². The molecule has 2 aromatic rings. The molecule has 1 aliphatic heterocycles. The highest BCUT2D eigenvalue weighted by atomic mass is 16.5. The first-order valence-corrected chi connectivity index (χ1v) is 6.41. The van der Waals surface area contributed by atoms with Crippen molar-refractivity contribution in [1.82, 2.24) is 29.9 Å². The third-order valence-electron chi connectivity index (χ3n) is 3.14. The van der Waals surface area contributed by atoms with Gasteiger partial charge in [0.25, 0.3) is 0 Å². The van der Waals surface area contributed by atoms with E-state index in [-0.39, 0.29) is 6.04 Å². The normalized spacial score (nSPS) is 18.6. The Labute approximate surface area is 110 Å². The van der Waals surface area contributed by atoms with Gasteiger partial charge in [-0.15, -0.1) is 5.10 Å². The lowest BCUT2D eigenvalue weighted by Gasteiger charge is -2.29. The Bertz CT molecular complexity index is 537. The number of nitrogens with zero attached hydrogens (tertiary/aromatic N) is 6. The first-order chi connectivity index (χ1) is 9.33. The number of tetrazole rings is 1. The third-order valence-corrected chi connectivity index (χ3v) is 3.14. The maximum Gasteiger partial charge on any atom is 0.199 e. The smallest absolute Gasteiger partial charge is 0.199 e. The molecule has 0 aliphatic carbocycles. The lowest BCUT2D eigenvalue weighted by Crippen LogP contribution is -2.42. The van der Waals surface area contributed by atoms with Crippen molar-refractivity contribution >= 4 is 11.5 Å². The molecule has 0 bridgehead atoms. The molecule has 0 amide bonds. The summed E-state index contributed by atoms with van der Waals surface area (Å²) in [7, 11) is 0. The molecule has 0 aromatic carbocycles. The van der Waals surface area contributed by atoms with Crippen LogP contribution in [0.4, 0.5) is 5.82 Å². The van der Waals surface area contributed by atoms with Crippen LogP contribution in [0, 0.1) is 0 Å². The number of aromatic nitrogens is 5. The second-order valence-corrected chi connectivity index (χ2v) is 4.70. The third kappa shape index (κ3) is 2.79. The number of hydrogen-bond donors (Lipinski definition) is 1. The van der Waals surface area contributed by atoms with Crippen molar-refractivity contribution in [2.75, 3.05) is 38.2 Å². The predicted octanol–water partition coefficient (Wildman–Crippen LogP) is -0.348. The second-order valence-electron chi connectivity index (χ2n) is 4.70. The minimum Gasteiger partial charge on any atom is -0.379 e. The van der Waals surface area contributed by atoms with E-state index >= 15 is 0 Å². The van der Waals surface area contributed by atoms with Gasteiger partial charge in [0, 0.05) is 25.7 Å². The number of ether oxygens (including phenoxy) is 1. The average Bonchev–Trinajstić information content (AvgIpc) is 2.89. The summed E-state index contributed by atoms with van der Waals surface area (Å²) in [6.07, 6.45) is 3.37. The number of hydrogen-bond acceptors (Lipinski definition) is 7. The zero-order chi connectivity index (χ0) is 13.1. The van der Waals surface area contributed by atoms with E-state index < -0.39 is 0 Å². The summed E-state index contributed by atoms with van der Waals surface area (Å²) >= 11 is 0. The van der Waals surface area contributed by atoms with Crippen molar-refractivity contribution in [3.63, 3.8) is 0 Å². The van der Waals surface area contributed by atoms with Gasteiger partial charge in [-0.2, -0.15) is 4.52 Å². The summed E-state index contributed by atoms with van der Waals surface area (Å²) in [5, 5.41) is 14.8. The van der Waals surface area contributed by atoms with Crippen molar-refractivity contribution in [1.29, 1.82) is 0 Å². The Balaban J connectivity index is 1.65. The van der Waals surface area contributed by atoms with Crippen molar-refractivity contribution in [3.8, 4) is 0 Å². The summed E-state index contributed by atoms with van der Waals surface area (Å²) < 4.78 is 7.00. The summed E-state index contributed by atoms with van der Waals surface area (Å²) in [6, 6.07) is 0.287. The quantitative estimate of drug-likeness (QED) is 0.807. The van der Waals surface area contributed by atoms with Gasteiger partial charge < -0.3 is 10.1 Å². The Kier molecular flexibility index (Phi) is 3.51. The zero-order valence-corrected chi connectivity index (χ0v) is 10.9. The topological polar surface area (TPSA) is 80.5 Å². The Morgan fingerprint density at radius 2 is 2.21 bits per heavy atom. The number of nitrogens with one attached hydrogen (secondary N) is 1. The molecule has 1 unspecified atom stereocenters. The van der Waals surface area contributed by atoms with Gasteiger partial charge in [-0.3, -0.25) is 9.88 Å². The van der Waals surface area contributed by atoms with E-state index in [1.807, 2.05) is 0 Å². The van der Waals surface area contributed by atoms with Crippen LogP contribution in [0.1, 0.15) is 6.92 Å². The molecule has 1 atom stereocenters. The van der Waals surface area contributed by atoms with E-state index in [4.69, 9.17) is 4.74 Å². The van der Waals surface area contributed by atoms with Crippen molar-refractivity contribution in [3.05, 3.63) is 12.4 Å². The van der Waals surface area contributed by atoms with Crippen LogP contribution in [0.2, 0.25) is 0 Å². The molecule has 0 spiro atoms. The van der Waals surface area contributed by atoms with Crippen molar-refractivity contribution in [2.45, 2.75) is 13.0 Å². The summed E-state index contributed by atoms with van der Waals surface area (Å²) in [5.41, 5.74) is 0.642. The maximum absolute atomic E-state index is 5.34. The molecular weight excluding hydrogens is 246 g/mol. The largest absolute Gasteiger partial charge is 0.379 e. The van der Waals surface area contributed by atoms with Crippen molar-refractivity contribution < 1.29 is 4.74 Å². The molecule has 1 N–H and O–H groups in total. The number of fused-ring (bicyclic) bond motifs is 1. The molecular formula is C11H17N7O. The highest BCUT2D eigenvalue weighted by Gasteiger charge is 2.14. The molecule has 2 aromatic heterocycles. The van der Waals surface area contributed by atoms with Crippen LogP contribution in [-0.2, 0) is 4.74 Å². The molecule has 19 heavy (non-hydrogen) atoms. The van der Waals surface area contributed by atoms with Gasteiger partial charge >= 0.3 is 0 Å². The fourth-order valence-corrected chi connectivity index (χ4v) is 2.24. The van der Waals surface area contributed by atoms with Gasteiger partial charge in [0.1, 0.15) is 0 Å². The van der Waals surface area contributed by atoms with Gasteiger partial charge in [-0.25, -0.2) is 0 Å². The summed E-state index contributed by atoms with van der Waals surface area (Å²) in [6.45, 7) is 6.70. The Hall–Kier alpha value is -1.80. The lowest BCUT2D eigenvalue weighted by atomic mass is 10.3. The molecule has 0 radical (unpaired) electrons. The average molecular weight is 263 g/mol. The highest BCUT2D eigenvalue weighted by Crippen LogP contribution is 2.08. The van der Waals surface area contributed by atoms with Crippen LogP contribution in [-0.4, -0.2) is 68.8 Å². The second kappa shape index (κ2) is 5.45. The van der Waals surface area contributed by atoms with Gasteiger partial charge in [-0.05, 0) is 17.4 Å². The summed E-state index contributed by atoms with van der Waals surface area (Å²) in [4.78, 5) is 6.51. The minimum absolute atomic E-state index is 0.287. The molecule has 3 rings (SSSR count). The van der Waals surface area contributed by atoms with Crippen LogP contribution in [0.5, 0.6) is 0 Å². The molecule has 3 heterocycles. The van der Waals surface area contributed by atoms with Crippen LogP contribution in [0.15, 0.2) is 12.4 Å². The molecule has 1 saturated heterocycles. The fraction of sp³-hybridized carbons (Fsp3) is 0.636. The van der Waals surface area contributed by atoms with Gasteiger partial charge in [-0.1, -0.05) is 0 Å². The first-order valence-electron chi connectivity index (χ1n) is 6.41. The molecule has 8 heteroatoms. The molecule has 102 valence electrons. The van der Waals surface area contributed by atoms with Gasteiger partial charge in [0.2, 0.25) is 0 Å². The predicted molar refractivity (Wildman–Crippen MR) is 68.9 cm³/mol. The minimum atomic E-state index is 0.287.